The molecule has 56 heavy (non-hydrogen) atoms. The molecule has 2 heteroatoms. The molecule has 11 aromatic rings. The third-order valence-electron chi connectivity index (χ3n) is 11.3. The first-order valence-corrected chi connectivity index (χ1v) is 19.3. The van der Waals surface area contributed by atoms with Gasteiger partial charge in [-0.15, -0.1) is 0 Å². The van der Waals surface area contributed by atoms with Crippen LogP contribution in [0.3, 0.4) is 0 Å². The summed E-state index contributed by atoms with van der Waals surface area (Å²) in [6, 6.07) is 79.6. The predicted octanol–water partition coefficient (Wildman–Crippen LogP) is 15.0. The van der Waals surface area contributed by atoms with Gasteiger partial charge in [0.05, 0.1) is 28.1 Å². The monoisotopic (exact) mass is 712 g/mol. The van der Waals surface area contributed by atoms with Gasteiger partial charge in [0.15, 0.2) is 0 Å². The Labute approximate surface area is 325 Å². The number of rotatable bonds is 6. The first-order valence-electron chi connectivity index (χ1n) is 19.3. The smallest absolute Gasteiger partial charge is 0.0702 e. The molecule has 0 radical (unpaired) electrons. The largest absolute Gasteiger partial charge is 0.307 e. The highest BCUT2D eigenvalue weighted by Gasteiger charge is 2.26. The van der Waals surface area contributed by atoms with Crippen LogP contribution in [0.5, 0.6) is 0 Å². The fourth-order valence-corrected chi connectivity index (χ4v) is 8.96. The summed E-state index contributed by atoms with van der Waals surface area (Å²) in [7, 11) is 0. The predicted molar refractivity (Wildman–Crippen MR) is 239 cm³/mol. The molecule has 0 amide bonds. The SMILES string of the molecule is c1ccc(N(c2ccccc2-n2c3ccccc3c3ccccc32)c2c(-c3cccc(-c4cccc5ccccc45)c3)c3ccccc3c3ccccc23)cc1. The lowest BCUT2D eigenvalue weighted by Gasteiger charge is -2.32. The van der Waals surface area contributed by atoms with Gasteiger partial charge in [-0.05, 0) is 86.1 Å². The summed E-state index contributed by atoms with van der Waals surface area (Å²) in [6.45, 7) is 0. The Morgan fingerprint density at radius 2 is 0.857 bits per heavy atom. The minimum Gasteiger partial charge on any atom is -0.307 e. The van der Waals surface area contributed by atoms with Gasteiger partial charge in [0.1, 0.15) is 0 Å². The zero-order valence-electron chi connectivity index (χ0n) is 30.7. The maximum absolute atomic E-state index is 2.51. The van der Waals surface area contributed by atoms with E-state index in [4.69, 9.17) is 0 Å². The third kappa shape index (κ3) is 5.04. The second kappa shape index (κ2) is 13.2. The van der Waals surface area contributed by atoms with Crippen molar-refractivity contribution in [2.45, 2.75) is 0 Å². The van der Waals surface area contributed by atoms with E-state index in [0.717, 1.165) is 22.7 Å². The van der Waals surface area contributed by atoms with Crippen LogP contribution in [0.25, 0.3) is 82.1 Å². The average Bonchev–Trinajstić information content (AvgIpc) is 3.61. The highest BCUT2D eigenvalue weighted by atomic mass is 15.2. The van der Waals surface area contributed by atoms with Crippen molar-refractivity contribution in [2.24, 2.45) is 0 Å². The van der Waals surface area contributed by atoms with Gasteiger partial charge >= 0.3 is 0 Å². The van der Waals surface area contributed by atoms with Gasteiger partial charge in [-0.1, -0.05) is 176 Å². The number of fused-ring (bicyclic) bond motifs is 7. The molecule has 10 aromatic carbocycles. The van der Waals surface area contributed by atoms with Crippen molar-refractivity contribution in [1.29, 1.82) is 0 Å². The highest BCUT2D eigenvalue weighted by Crippen LogP contribution is 2.51. The van der Waals surface area contributed by atoms with Gasteiger partial charge in [-0.25, -0.2) is 0 Å². The van der Waals surface area contributed by atoms with Crippen LogP contribution >= 0.6 is 0 Å². The van der Waals surface area contributed by atoms with Crippen molar-refractivity contribution >= 4 is 71.2 Å². The van der Waals surface area contributed by atoms with Crippen molar-refractivity contribution in [3.8, 4) is 27.9 Å². The molecular weight excluding hydrogens is 677 g/mol. The van der Waals surface area contributed by atoms with E-state index in [9.17, 15) is 0 Å². The van der Waals surface area contributed by atoms with Crippen molar-refractivity contribution in [1.82, 2.24) is 4.57 Å². The number of anilines is 3. The van der Waals surface area contributed by atoms with Crippen LogP contribution in [0.4, 0.5) is 17.1 Å². The van der Waals surface area contributed by atoms with Gasteiger partial charge in [0.25, 0.3) is 0 Å². The van der Waals surface area contributed by atoms with Crippen LogP contribution in [0.1, 0.15) is 0 Å². The van der Waals surface area contributed by atoms with Gasteiger partial charge in [-0.3, -0.25) is 0 Å². The topological polar surface area (TPSA) is 8.17 Å². The van der Waals surface area contributed by atoms with E-state index in [1.165, 1.54) is 76.4 Å². The average molecular weight is 713 g/mol. The summed E-state index contributed by atoms with van der Waals surface area (Å²) < 4.78 is 2.44. The number of nitrogens with zero attached hydrogens (tertiary/aromatic N) is 2. The number of para-hydroxylation sites is 5. The molecule has 1 aromatic heterocycles. The van der Waals surface area contributed by atoms with Crippen molar-refractivity contribution in [2.75, 3.05) is 4.90 Å². The van der Waals surface area contributed by atoms with Crippen molar-refractivity contribution in [3.63, 3.8) is 0 Å². The lowest BCUT2D eigenvalue weighted by atomic mass is 9.88. The molecule has 0 aliphatic heterocycles. The van der Waals surface area contributed by atoms with Gasteiger partial charge in [0.2, 0.25) is 0 Å². The van der Waals surface area contributed by atoms with Crippen LogP contribution in [0, 0.1) is 0 Å². The van der Waals surface area contributed by atoms with Gasteiger partial charge in [-0.2, -0.15) is 0 Å². The van der Waals surface area contributed by atoms with E-state index in [1.54, 1.807) is 0 Å². The number of aromatic nitrogens is 1. The van der Waals surface area contributed by atoms with Crippen molar-refractivity contribution < 1.29 is 0 Å². The third-order valence-corrected chi connectivity index (χ3v) is 11.3. The van der Waals surface area contributed by atoms with Gasteiger partial charge < -0.3 is 9.47 Å². The molecule has 0 aliphatic rings. The summed E-state index contributed by atoms with van der Waals surface area (Å²) in [5, 5.41) is 9.84. The standard InChI is InChI=1S/C54H36N2/c1-2-22-40(23-3-1)55(51-34-14-15-35-52(51)56-49-32-12-10-27-45(49)46-28-11-13-33-50(46)56)54-48-30-9-7-26-44(48)43-25-6-8-29-47(43)53(54)39-21-16-20-38(36-39)42-31-17-19-37-18-4-5-24-41(37)42/h1-36H. The molecule has 0 spiro atoms. The first-order chi connectivity index (χ1) is 27.8. The summed E-state index contributed by atoms with van der Waals surface area (Å²) >= 11 is 0. The maximum atomic E-state index is 2.51. The molecule has 0 N–H and O–H groups in total. The van der Waals surface area contributed by atoms with E-state index in [2.05, 4.69) is 228 Å². The Morgan fingerprint density at radius 3 is 1.61 bits per heavy atom. The van der Waals surface area contributed by atoms with E-state index in [1.807, 2.05) is 0 Å². The molecule has 0 bridgehead atoms. The van der Waals surface area contributed by atoms with E-state index < -0.39 is 0 Å². The van der Waals surface area contributed by atoms with E-state index in [0.29, 0.717) is 0 Å². The second-order valence-corrected chi connectivity index (χ2v) is 14.5. The van der Waals surface area contributed by atoms with Crippen LogP contribution in [0.15, 0.2) is 218 Å². The minimum atomic E-state index is 1.09. The highest BCUT2D eigenvalue weighted by molar-refractivity contribution is 6.23. The number of hydrogen-bond acceptors (Lipinski definition) is 1. The Balaban J connectivity index is 1.27. The first kappa shape index (κ1) is 32.0. The summed E-state index contributed by atoms with van der Waals surface area (Å²) in [6.07, 6.45) is 0. The van der Waals surface area contributed by atoms with Crippen LogP contribution in [-0.2, 0) is 0 Å². The molecule has 0 aliphatic carbocycles. The zero-order chi connectivity index (χ0) is 37.0. The molecule has 0 saturated heterocycles. The van der Waals surface area contributed by atoms with Crippen LogP contribution in [-0.4, -0.2) is 4.57 Å². The molecule has 0 atom stereocenters. The fraction of sp³-hybridized carbons (Fsp3) is 0. The molecule has 262 valence electrons. The Morgan fingerprint density at radius 1 is 0.339 bits per heavy atom. The zero-order valence-corrected chi connectivity index (χ0v) is 30.7. The second-order valence-electron chi connectivity index (χ2n) is 14.5. The summed E-state index contributed by atoms with van der Waals surface area (Å²) in [5.41, 5.74) is 11.6. The molecule has 0 unspecified atom stereocenters. The minimum absolute atomic E-state index is 1.09. The quantitative estimate of drug-likeness (QED) is 0.156. The fourth-order valence-electron chi connectivity index (χ4n) is 8.96. The number of benzene rings is 10. The summed E-state index contributed by atoms with van der Waals surface area (Å²) in [5.74, 6) is 0. The Hall–Kier alpha value is -7.42. The van der Waals surface area contributed by atoms with Crippen molar-refractivity contribution in [3.05, 3.63) is 218 Å². The molecule has 0 saturated carbocycles. The molecule has 1 heterocycles. The summed E-state index contributed by atoms with van der Waals surface area (Å²) in [4.78, 5) is 2.51. The lowest BCUT2D eigenvalue weighted by molar-refractivity contribution is 1.15. The Bertz CT molecular complexity index is 3210. The molecule has 2 nitrogen and oxygen atoms in total. The molecule has 0 fully saturated rings. The Kier molecular flexibility index (Phi) is 7.53. The molecular formula is C54H36N2. The normalized spacial score (nSPS) is 11.6. The van der Waals surface area contributed by atoms with E-state index >= 15 is 0 Å². The van der Waals surface area contributed by atoms with E-state index in [-0.39, 0.29) is 0 Å². The number of hydrogen-bond donors (Lipinski definition) is 0. The van der Waals surface area contributed by atoms with Crippen LogP contribution < -0.4 is 4.90 Å². The maximum Gasteiger partial charge on any atom is 0.0702 e. The van der Waals surface area contributed by atoms with Gasteiger partial charge in [0, 0.05) is 27.4 Å². The lowest BCUT2D eigenvalue weighted by Crippen LogP contribution is -2.15. The van der Waals surface area contributed by atoms with Crippen LogP contribution in [0.2, 0.25) is 0 Å². The molecule has 11 rings (SSSR count).